The van der Waals surface area contributed by atoms with Crippen LogP contribution in [0.2, 0.25) is 0 Å². The van der Waals surface area contributed by atoms with Gasteiger partial charge in [0.25, 0.3) is 11.7 Å². The van der Waals surface area contributed by atoms with Gasteiger partial charge in [-0.25, -0.2) is 5.84 Å². The van der Waals surface area contributed by atoms with Gasteiger partial charge in [-0.3, -0.25) is 9.59 Å². The van der Waals surface area contributed by atoms with Crippen molar-refractivity contribution in [3.63, 3.8) is 0 Å². The normalized spacial score (nSPS) is 12.1. The van der Waals surface area contributed by atoms with Crippen LogP contribution in [0, 0.1) is 0 Å². The number of carbonyl (C=O) groups is 2. The number of nitrogens with one attached hydrogen (secondary N) is 2. The van der Waals surface area contributed by atoms with Gasteiger partial charge in [0.15, 0.2) is 5.11 Å². The lowest BCUT2D eigenvalue weighted by molar-refractivity contribution is -0.112. The molecule has 0 radical (unpaired) electrons. The number of thiocarbonyl (C=S) groups is 1. The molecule has 1 aromatic carbocycles. The predicted molar refractivity (Wildman–Crippen MR) is 63.5 cm³/mol. The van der Waals surface area contributed by atoms with Crippen LogP contribution >= 0.6 is 12.2 Å². The molecule has 7 heteroatoms. The van der Waals surface area contributed by atoms with Crippen LogP contribution in [0.15, 0.2) is 24.3 Å². The van der Waals surface area contributed by atoms with Crippen molar-refractivity contribution in [2.45, 2.75) is 0 Å². The van der Waals surface area contributed by atoms with E-state index in [1.54, 1.807) is 24.3 Å². The van der Waals surface area contributed by atoms with E-state index in [0.717, 1.165) is 0 Å². The van der Waals surface area contributed by atoms with E-state index in [-0.39, 0.29) is 5.11 Å². The smallest absolute Gasteiger partial charge is 0.296 e. The molecule has 0 fully saturated rings. The van der Waals surface area contributed by atoms with Crippen molar-refractivity contribution >= 4 is 34.7 Å². The van der Waals surface area contributed by atoms with Crippen LogP contribution in [-0.2, 0) is 4.79 Å². The number of hydrogen-bond donors (Lipinski definition) is 4. The number of para-hydroxylation sites is 1. The molecule has 0 spiro atoms. The molecule has 1 amide bonds. The van der Waals surface area contributed by atoms with Gasteiger partial charge in [-0.1, -0.05) is 12.1 Å². The molecule has 2 rings (SSSR count). The van der Waals surface area contributed by atoms with Gasteiger partial charge < -0.3 is 16.5 Å². The Balaban J connectivity index is 0.000000221. The van der Waals surface area contributed by atoms with E-state index in [2.05, 4.69) is 23.4 Å². The summed E-state index contributed by atoms with van der Waals surface area (Å²) in [5.41, 5.74) is 7.91. The molecule has 0 atom stereocenters. The summed E-state index contributed by atoms with van der Waals surface area (Å²) in [5, 5.41) is 2.57. The number of benzene rings is 1. The summed E-state index contributed by atoms with van der Waals surface area (Å²) < 4.78 is 0. The largest absolute Gasteiger partial charge is 0.375 e. The van der Waals surface area contributed by atoms with E-state index in [1.165, 1.54) is 0 Å². The van der Waals surface area contributed by atoms with Crippen molar-refractivity contribution in [1.82, 2.24) is 5.43 Å². The van der Waals surface area contributed by atoms with Gasteiger partial charge in [0.05, 0.1) is 11.3 Å². The lowest BCUT2D eigenvalue weighted by Gasteiger charge is -1.91. The summed E-state index contributed by atoms with van der Waals surface area (Å²) in [5.74, 6) is 3.68. The Bertz CT molecular complexity index is 447. The Kier molecular flexibility index (Phi) is 3.92. The number of rotatable bonds is 0. The maximum atomic E-state index is 11.0. The molecular weight excluding hydrogens is 228 g/mol. The minimum absolute atomic E-state index is 0.116. The number of amides is 1. The lowest BCUT2D eigenvalue weighted by Crippen LogP contribution is -2.34. The average molecular weight is 238 g/mol. The van der Waals surface area contributed by atoms with Crippen LogP contribution in [0.4, 0.5) is 5.69 Å². The summed E-state index contributed by atoms with van der Waals surface area (Å²) in [7, 11) is 0. The molecule has 1 heterocycles. The minimum atomic E-state index is -0.536. The number of hydrazine groups is 1. The maximum Gasteiger partial charge on any atom is 0.296 e. The summed E-state index contributed by atoms with van der Waals surface area (Å²) >= 11 is 4.24. The minimum Gasteiger partial charge on any atom is -0.375 e. The summed E-state index contributed by atoms with van der Waals surface area (Å²) in [6, 6.07) is 6.85. The molecule has 84 valence electrons. The standard InChI is InChI=1S/C8H5NO2.CH5N3S/c10-7-5-3-1-2-4-6(5)9-8(7)11;2-1(5)4-3/h1-4H,(H,9,10,11);3H2,(H3,2,4,5). The van der Waals surface area contributed by atoms with Crippen LogP contribution in [0.3, 0.4) is 0 Å². The number of fused-ring (bicyclic) bond motifs is 1. The first kappa shape index (κ1) is 12.1. The molecule has 16 heavy (non-hydrogen) atoms. The van der Waals surface area contributed by atoms with Gasteiger partial charge in [0, 0.05) is 0 Å². The van der Waals surface area contributed by atoms with Crippen molar-refractivity contribution in [3.8, 4) is 0 Å². The van der Waals surface area contributed by atoms with Crippen molar-refractivity contribution in [3.05, 3.63) is 29.8 Å². The topological polar surface area (TPSA) is 110 Å². The molecule has 6 N–H and O–H groups in total. The number of carbonyl (C=O) groups excluding carboxylic acids is 2. The number of nitrogens with two attached hydrogens (primary N) is 2. The number of hydrogen-bond acceptors (Lipinski definition) is 4. The Morgan fingerprint density at radius 3 is 2.38 bits per heavy atom. The quantitative estimate of drug-likeness (QED) is 0.210. The second-order valence-electron chi connectivity index (χ2n) is 2.84. The lowest BCUT2D eigenvalue weighted by atomic mass is 10.1. The van der Waals surface area contributed by atoms with E-state index in [4.69, 9.17) is 5.73 Å². The molecule has 0 unspecified atom stereocenters. The first-order valence-corrected chi connectivity index (χ1v) is 4.68. The van der Waals surface area contributed by atoms with Gasteiger partial charge in [-0.05, 0) is 24.4 Å². The molecular formula is C9H10N4O2S. The highest BCUT2D eigenvalue weighted by atomic mass is 32.1. The van der Waals surface area contributed by atoms with Crippen molar-refractivity contribution in [2.75, 3.05) is 5.32 Å². The second-order valence-corrected chi connectivity index (χ2v) is 3.28. The molecule has 0 saturated carbocycles. The number of ketones is 1. The van der Waals surface area contributed by atoms with Gasteiger partial charge in [-0.15, -0.1) is 0 Å². The zero-order valence-electron chi connectivity index (χ0n) is 8.19. The van der Waals surface area contributed by atoms with E-state index >= 15 is 0 Å². The fourth-order valence-electron chi connectivity index (χ4n) is 1.09. The highest BCUT2D eigenvalue weighted by molar-refractivity contribution is 7.80. The summed E-state index contributed by atoms with van der Waals surface area (Å²) in [6.45, 7) is 0. The Labute approximate surface area is 97.0 Å². The summed E-state index contributed by atoms with van der Waals surface area (Å²) in [6.07, 6.45) is 0. The van der Waals surface area contributed by atoms with E-state index in [1.807, 2.05) is 5.43 Å². The van der Waals surface area contributed by atoms with Crippen molar-refractivity contribution < 1.29 is 9.59 Å². The number of anilines is 1. The van der Waals surface area contributed by atoms with Crippen molar-refractivity contribution in [1.29, 1.82) is 0 Å². The van der Waals surface area contributed by atoms with E-state index < -0.39 is 11.7 Å². The molecule has 0 aromatic heterocycles. The van der Waals surface area contributed by atoms with Crippen LogP contribution in [0.5, 0.6) is 0 Å². The van der Waals surface area contributed by atoms with Crippen LogP contribution in [0.25, 0.3) is 0 Å². The average Bonchev–Trinajstić information content (AvgIpc) is 2.56. The molecule has 0 bridgehead atoms. The van der Waals surface area contributed by atoms with Crippen LogP contribution in [-0.4, -0.2) is 16.8 Å². The Hall–Kier alpha value is -1.99. The highest BCUT2D eigenvalue weighted by Gasteiger charge is 2.26. The van der Waals surface area contributed by atoms with Gasteiger partial charge in [0.1, 0.15) is 0 Å². The molecule has 0 saturated heterocycles. The molecule has 1 aliphatic rings. The van der Waals surface area contributed by atoms with E-state index in [9.17, 15) is 9.59 Å². The zero-order chi connectivity index (χ0) is 12.1. The highest BCUT2D eigenvalue weighted by Crippen LogP contribution is 2.21. The third-order valence-corrected chi connectivity index (χ3v) is 1.89. The fourth-order valence-corrected chi connectivity index (χ4v) is 1.09. The summed E-state index contributed by atoms with van der Waals surface area (Å²) in [4.78, 5) is 21.8. The predicted octanol–water partition coefficient (Wildman–Crippen LogP) is -0.485. The SMILES string of the molecule is NNC(N)=S.O=C1Nc2ccccc2C1=O. The van der Waals surface area contributed by atoms with Gasteiger partial charge in [-0.2, -0.15) is 0 Å². The van der Waals surface area contributed by atoms with Crippen molar-refractivity contribution in [2.24, 2.45) is 11.6 Å². The zero-order valence-corrected chi connectivity index (χ0v) is 9.01. The van der Waals surface area contributed by atoms with E-state index in [0.29, 0.717) is 11.3 Å². The molecule has 0 aliphatic carbocycles. The Morgan fingerprint density at radius 2 is 1.88 bits per heavy atom. The third kappa shape index (κ3) is 2.75. The number of Topliss-reactive ketones (excluding diaryl/α,β-unsaturated/α-hetero) is 1. The van der Waals surface area contributed by atoms with Gasteiger partial charge >= 0.3 is 0 Å². The van der Waals surface area contributed by atoms with Gasteiger partial charge in [0.2, 0.25) is 0 Å². The molecule has 1 aromatic rings. The molecule has 6 nitrogen and oxygen atoms in total. The Morgan fingerprint density at radius 1 is 1.31 bits per heavy atom. The first-order valence-electron chi connectivity index (χ1n) is 4.27. The molecule has 1 aliphatic heterocycles. The van der Waals surface area contributed by atoms with Crippen LogP contribution in [0.1, 0.15) is 10.4 Å². The first-order chi connectivity index (χ1) is 7.56. The second kappa shape index (κ2) is 5.19. The van der Waals surface area contributed by atoms with Crippen LogP contribution < -0.4 is 22.3 Å². The third-order valence-electron chi connectivity index (χ3n) is 1.77. The fraction of sp³-hybridized carbons (Fsp3) is 0. The maximum absolute atomic E-state index is 11.0. The monoisotopic (exact) mass is 238 g/mol.